The third kappa shape index (κ3) is 6.90. The van der Waals surface area contributed by atoms with E-state index in [4.69, 9.17) is 21.1 Å². The summed E-state index contributed by atoms with van der Waals surface area (Å²) in [6, 6.07) is 15.9. The van der Waals surface area contributed by atoms with Gasteiger partial charge in [0.25, 0.3) is 11.8 Å². The molecule has 0 fully saturated rings. The summed E-state index contributed by atoms with van der Waals surface area (Å²) in [5.74, 6) is -2.39. The molecule has 2 N–H and O–H groups in total. The second-order valence-electron chi connectivity index (χ2n) is 10.3. The van der Waals surface area contributed by atoms with Gasteiger partial charge in [0.05, 0.1) is 21.8 Å². The van der Waals surface area contributed by atoms with Gasteiger partial charge in [-0.1, -0.05) is 35.9 Å². The molecule has 0 aliphatic carbocycles. The summed E-state index contributed by atoms with van der Waals surface area (Å²) < 4.78 is 9.79. The smallest absolute Gasteiger partial charge is 0.331 e. The molecule has 226 valence electrons. The van der Waals surface area contributed by atoms with Crippen molar-refractivity contribution in [3.8, 4) is 0 Å². The van der Waals surface area contributed by atoms with Gasteiger partial charge in [-0.05, 0) is 54.4 Å². The fourth-order valence-electron chi connectivity index (χ4n) is 4.71. The summed E-state index contributed by atoms with van der Waals surface area (Å²) in [7, 11) is 5.45. The highest BCUT2D eigenvalue weighted by Gasteiger charge is 2.36. The third-order valence-corrected chi connectivity index (χ3v) is 7.37. The standard InChI is InChI=1S/C31H33ClN4O7/c1-18-7-6-8-24(32)27(18)28(38)33-25(30(40)43-17-42-19(2)37)15-20-9-11-21(12-10-20)36-29(39)23-16-22(34(3)4)13-14-26(23)35(5)31(36)41/h6-14,16,25,31,41H,15,17H2,1-5H3,(H,33,38)/t25-,31?/m0/s1. The molecule has 43 heavy (non-hydrogen) atoms. The van der Waals surface area contributed by atoms with Crippen LogP contribution in [0.2, 0.25) is 5.02 Å². The summed E-state index contributed by atoms with van der Waals surface area (Å²) in [5.41, 5.74) is 3.78. The molecule has 1 aliphatic rings. The van der Waals surface area contributed by atoms with Gasteiger partial charge in [-0.2, -0.15) is 0 Å². The van der Waals surface area contributed by atoms with Crippen LogP contribution in [0.4, 0.5) is 17.1 Å². The van der Waals surface area contributed by atoms with E-state index in [1.54, 1.807) is 73.5 Å². The molecule has 1 aliphatic heterocycles. The molecular weight excluding hydrogens is 576 g/mol. The number of carbonyl (C=O) groups excluding carboxylic acids is 4. The largest absolute Gasteiger partial charge is 0.428 e. The van der Waals surface area contributed by atoms with Crippen molar-refractivity contribution in [3.63, 3.8) is 0 Å². The lowest BCUT2D eigenvalue weighted by molar-refractivity contribution is -0.167. The first-order valence-electron chi connectivity index (χ1n) is 13.4. The maximum atomic E-state index is 13.5. The normalized spacial score (nSPS) is 15.0. The summed E-state index contributed by atoms with van der Waals surface area (Å²) in [5, 5.41) is 13.9. The predicted octanol–water partition coefficient (Wildman–Crippen LogP) is 3.49. The van der Waals surface area contributed by atoms with E-state index in [-0.39, 0.29) is 22.9 Å². The van der Waals surface area contributed by atoms with Crippen LogP contribution in [0.3, 0.4) is 0 Å². The van der Waals surface area contributed by atoms with E-state index in [2.05, 4.69) is 5.32 Å². The number of anilines is 3. The lowest BCUT2D eigenvalue weighted by atomic mass is 10.0. The number of nitrogens with zero attached hydrogens (tertiary/aromatic N) is 3. The minimum absolute atomic E-state index is 0.0137. The average Bonchev–Trinajstić information content (AvgIpc) is 2.96. The van der Waals surface area contributed by atoms with E-state index in [9.17, 15) is 24.3 Å². The number of hydrogen-bond acceptors (Lipinski definition) is 9. The Morgan fingerprint density at radius 2 is 1.77 bits per heavy atom. The van der Waals surface area contributed by atoms with Crippen LogP contribution < -0.4 is 20.0 Å². The Morgan fingerprint density at radius 1 is 1.07 bits per heavy atom. The minimum atomic E-state index is -1.25. The molecule has 1 unspecified atom stereocenters. The molecule has 0 saturated heterocycles. The van der Waals surface area contributed by atoms with Crippen molar-refractivity contribution in [2.24, 2.45) is 0 Å². The first-order chi connectivity index (χ1) is 20.4. The van der Waals surface area contributed by atoms with E-state index in [1.165, 1.54) is 11.8 Å². The molecule has 0 saturated carbocycles. The fraction of sp³-hybridized carbons (Fsp3) is 0.290. The van der Waals surface area contributed by atoms with Crippen LogP contribution in [0.1, 0.15) is 38.8 Å². The lowest BCUT2D eigenvalue weighted by Gasteiger charge is -2.40. The number of nitrogens with one attached hydrogen (secondary N) is 1. The van der Waals surface area contributed by atoms with Gasteiger partial charge in [0, 0.05) is 45.9 Å². The molecule has 4 rings (SSSR count). The molecule has 3 aromatic rings. The van der Waals surface area contributed by atoms with Gasteiger partial charge in [0.2, 0.25) is 13.1 Å². The number of aliphatic hydroxyl groups excluding tert-OH is 1. The molecule has 0 bridgehead atoms. The van der Waals surface area contributed by atoms with Crippen LogP contribution in [-0.2, 0) is 25.5 Å². The number of ether oxygens (including phenoxy) is 2. The van der Waals surface area contributed by atoms with Gasteiger partial charge >= 0.3 is 11.9 Å². The number of rotatable bonds is 9. The minimum Gasteiger partial charge on any atom is -0.428 e. The first-order valence-corrected chi connectivity index (χ1v) is 13.8. The van der Waals surface area contributed by atoms with Crippen LogP contribution >= 0.6 is 11.6 Å². The highest BCUT2D eigenvalue weighted by Crippen LogP contribution is 2.34. The zero-order chi connectivity index (χ0) is 31.4. The van der Waals surface area contributed by atoms with Gasteiger partial charge in [0.15, 0.2) is 0 Å². The average molecular weight is 609 g/mol. The molecule has 11 nitrogen and oxygen atoms in total. The van der Waals surface area contributed by atoms with Gasteiger partial charge < -0.3 is 29.7 Å². The predicted molar refractivity (Wildman–Crippen MR) is 162 cm³/mol. The summed E-state index contributed by atoms with van der Waals surface area (Å²) in [6.45, 7) is 2.29. The van der Waals surface area contributed by atoms with Crippen molar-refractivity contribution < 1.29 is 33.8 Å². The molecule has 2 atom stereocenters. The van der Waals surface area contributed by atoms with Crippen LogP contribution in [0.15, 0.2) is 60.7 Å². The Labute approximate surface area is 254 Å². The Morgan fingerprint density at radius 3 is 2.40 bits per heavy atom. The quantitative estimate of drug-likeness (QED) is 0.277. The maximum Gasteiger partial charge on any atom is 0.331 e. The third-order valence-electron chi connectivity index (χ3n) is 7.06. The number of benzene rings is 3. The number of halogens is 1. The Bertz CT molecular complexity index is 1520. The van der Waals surface area contributed by atoms with Gasteiger partial charge in [-0.15, -0.1) is 0 Å². The highest BCUT2D eigenvalue weighted by atomic mass is 35.5. The summed E-state index contributed by atoms with van der Waals surface area (Å²) in [6.07, 6.45) is -1.24. The molecule has 3 aromatic carbocycles. The Kier molecular flexibility index (Phi) is 9.57. The highest BCUT2D eigenvalue weighted by molar-refractivity contribution is 6.34. The van der Waals surface area contributed by atoms with Crippen molar-refractivity contribution in [2.45, 2.75) is 32.7 Å². The zero-order valence-electron chi connectivity index (χ0n) is 24.5. The first kappa shape index (κ1) is 31.3. The molecule has 0 spiro atoms. The van der Waals surface area contributed by atoms with E-state index in [1.807, 2.05) is 25.1 Å². The SMILES string of the molecule is CC(=O)OCOC(=O)[C@H](Cc1ccc(N2C(=O)c3cc(N(C)C)ccc3N(C)C2O)cc1)NC(=O)c1c(C)cccc1Cl. The number of fused-ring (bicyclic) bond motifs is 1. The molecular formula is C31H33ClN4O7. The monoisotopic (exact) mass is 608 g/mol. The lowest BCUT2D eigenvalue weighted by Crippen LogP contribution is -2.54. The number of amides is 2. The molecule has 0 aromatic heterocycles. The second kappa shape index (κ2) is 13.1. The molecule has 0 radical (unpaired) electrons. The van der Waals surface area contributed by atoms with Gasteiger partial charge in [0.1, 0.15) is 6.04 Å². The van der Waals surface area contributed by atoms with E-state index >= 15 is 0 Å². The Hall–Kier alpha value is -4.61. The number of aryl methyl sites for hydroxylation is 1. The van der Waals surface area contributed by atoms with Crippen molar-refractivity contribution in [1.29, 1.82) is 0 Å². The van der Waals surface area contributed by atoms with Crippen molar-refractivity contribution in [3.05, 3.63) is 87.9 Å². The van der Waals surface area contributed by atoms with Crippen molar-refractivity contribution in [1.82, 2.24) is 5.32 Å². The van der Waals surface area contributed by atoms with Crippen molar-refractivity contribution in [2.75, 3.05) is 42.6 Å². The van der Waals surface area contributed by atoms with Crippen LogP contribution in [0, 0.1) is 6.92 Å². The zero-order valence-corrected chi connectivity index (χ0v) is 25.2. The second-order valence-corrected chi connectivity index (χ2v) is 10.7. The number of esters is 2. The number of carbonyl (C=O) groups is 4. The molecule has 1 heterocycles. The number of hydrogen-bond donors (Lipinski definition) is 2. The van der Waals surface area contributed by atoms with Gasteiger partial charge in [-0.25, -0.2) is 4.79 Å². The van der Waals surface area contributed by atoms with E-state index in [0.29, 0.717) is 28.1 Å². The van der Waals surface area contributed by atoms with Crippen LogP contribution in [0.5, 0.6) is 0 Å². The summed E-state index contributed by atoms with van der Waals surface area (Å²) >= 11 is 6.25. The summed E-state index contributed by atoms with van der Waals surface area (Å²) in [4.78, 5) is 55.5. The molecule has 2 amide bonds. The van der Waals surface area contributed by atoms with Gasteiger partial charge in [-0.3, -0.25) is 19.3 Å². The van der Waals surface area contributed by atoms with Crippen LogP contribution in [0.25, 0.3) is 0 Å². The fourth-order valence-corrected chi connectivity index (χ4v) is 5.01. The topological polar surface area (TPSA) is 129 Å². The van der Waals surface area contributed by atoms with Crippen LogP contribution in [-0.4, -0.2) is 69.2 Å². The Balaban J connectivity index is 1.57. The maximum absolute atomic E-state index is 13.5. The van der Waals surface area contributed by atoms with E-state index in [0.717, 1.165) is 5.69 Å². The van der Waals surface area contributed by atoms with Crippen molar-refractivity contribution >= 4 is 52.4 Å². The van der Waals surface area contributed by atoms with E-state index < -0.39 is 37.0 Å². The molecule has 12 heteroatoms. The number of aliphatic hydroxyl groups is 1.